The molecular weight excluding hydrogens is 328 g/mol. The van der Waals surface area contributed by atoms with E-state index in [0.717, 1.165) is 27.6 Å². The van der Waals surface area contributed by atoms with Crippen molar-refractivity contribution >= 4 is 45.8 Å². The van der Waals surface area contributed by atoms with E-state index in [2.05, 4.69) is 23.5 Å². The predicted molar refractivity (Wildman–Crippen MR) is 106 cm³/mol. The molecule has 0 aliphatic carbocycles. The van der Waals surface area contributed by atoms with Gasteiger partial charge in [0.05, 0.1) is 5.69 Å². The first-order valence-electron chi connectivity index (χ1n) is 8.06. The molecule has 3 aromatic carbocycles. The first-order valence-corrected chi connectivity index (χ1v) is 8.46. The van der Waals surface area contributed by atoms with Gasteiger partial charge in [0.25, 0.3) is 5.91 Å². The largest absolute Gasteiger partial charge is 0.327 e. The van der Waals surface area contributed by atoms with E-state index in [-0.39, 0.29) is 5.91 Å². The molecule has 1 N–H and O–H groups in total. The molecule has 1 fully saturated rings. The number of fused-ring (bicyclic) bond motifs is 1. The van der Waals surface area contributed by atoms with E-state index >= 15 is 0 Å². The van der Waals surface area contributed by atoms with Gasteiger partial charge in [-0.2, -0.15) is 0 Å². The number of nitrogens with one attached hydrogen (secondary N) is 1. The van der Waals surface area contributed by atoms with E-state index < -0.39 is 0 Å². The van der Waals surface area contributed by atoms with Crippen molar-refractivity contribution in [3.8, 4) is 0 Å². The number of carbonyl (C=O) groups excluding carboxylic acids is 1. The van der Waals surface area contributed by atoms with Gasteiger partial charge >= 0.3 is 0 Å². The van der Waals surface area contributed by atoms with Crippen LogP contribution in [0.4, 0.5) is 5.69 Å². The first-order chi connectivity index (χ1) is 12.1. The number of anilines is 1. The maximum atomic E-state index is 12.9. The summed E-state index contributed by atoms with van der Waals surface area (Å²) in [6.07, 6.45) is 1.87. The van der Waals surface area contributed by atoms with Crippen LogP contribution in [0.15, 0.2) is 72.4 Å². The zero-order valence-electron chi connectivity index (χ0n) is 13.7. The molecule has 25 heavy (non-hydrogen) atoms. The number of para-hydroxylation sites is 1. The number of amides is 1. The van der Waals surface area contributed by atoms with Crippen LogP contribution in [-0.4, -0.2) is 11.0 Å². The highest BCUT2D eigenvalue weighted by Gasteiger charge is 2.32. The number of rotatable bonds is 2. The van der Waals surface area contributed by atoms with E-state index in [0.29, 0.717) is 10.8 Å². The van der Waals surface area contributed by atoms with E-state index in [4.69, 9.17) is 12.2 Å². The second kappa shape index (κ2) is 6.15. The van der Waals surface area contributed by atoms with Gasteiger partial charge in [-0.1, -0.05) is 60.7 Å². The van der Waals surface area contributed by atoms with Gasteiger partial charge < -0.3 is 5.32 Å². The molecule has 0 bridgehead atoms. The normalized spacial score (nSPS) is 15.9. The maximum Gasteiger partial charge on any atom is 0.281 e. The number of carbonyl (C=O) groups is 1. The van der Waals surface area contributed by atoms with Crippen LogP contribution < -0.4 is 10.2 Å². The summed E-state index contributed by atoms with van der Waals surface area (Å²) in [5, 5.41) is 5.71. The van der Waals surface area contributed by atoms with Gasteiger partial charge in [0.2, 0.25) is 0 Å². The van der Waals surface area contributed by atoms with Gasteiger partial charge in [-0.15, -0.1) is 0 Å². The van der Waals surface area contributed by atoms with Crippen molar-refractivity contribution in [1.29, 1.82) is 0 Å². The zero-order chi connectivity index (χ0) is 17.4. The molecule has 0 unspecified atom stereocenters. The van der Waals surface area contributed by atoms with E-state index in [1.165, 1.54) is 0 Å². The van der Waals surface area contributed by atoms with Crippen molar-refractivity contribution in [2.24, 2.45) is 0 Å². The molecule has 4 heteroatoms. The van der Waals surface area contributed by atoms with Crippen LogP contribution in [0.25, 0.3) is 16.8 Å². The topological polar surface area (TPSA) is 32.3 Å². The summed E-state index contributed by atoms with van der Waals surface area (Å²) < 4.78 is 0. The Hall–Kier alpha value is -2.98. The van der Waals surface area contributed by atoms with Crippen LogP contribution in [0.1, 0.15) is 11.1 Å². The lowest BCUT2D eigenvalue weighted by Gasteiger charge is -2.16. The molecule has 1 aliphatic heterocycles. The molecular formula is C21H16N2OS. The number of nitrogens with zero attached hydrogens (tertiary/aromatic N) is 1. The van der Waals surface area contributed by atoms with E-state index in [9.17, 15) is 4.79 Å². The Bertz CT molecular complexity index is 1030. The monoisotopic (exact) mass is 344 g/mol. The lowest BCUT2D eigenvalue weighted by Crippen LogP contribution is -2.30. The van der Waals surface area contributed by atoms with Gasteiger partial charge in [0.15, 0.2) is 5.11 Å². The Morgan fingerprint density at radius 3 is 2.52 bits per heavy atom. The Kier molecular flexibility index (Phi) is 3.82. The quantitative estimate of drug-likeness (QED) is 0.552. The molecule has 1 heterocycles. The van der Waals surface area contributed by atoms with Crippen molar-refractivity contribution in [1.82, 2.24) is 5.32 Å². The third kappa shape index (κ3) is 2.71. The number of hydrogen-bond donors (Lipinski definition) is 1. The number of thiocarbonyl (C=S) groups is 1. The minimum absolute atomic E-state index is 0.132. The van der Waals surface area contributed by atoms with Gasteiger partial charge in [-0.05, 0) is 53.2 Å². The fourth-order valence-corrected chi connectivity index (χ4v) is 3.39. The molecule has 1 aliphatic rings. The molecule has 0 aromatic heterocycles. The number of benzene rings is 3. The molecule has 0 atom stereocenters. The molecule has 3 nitrogen and oxygen atoms in total. The van der Waals surface area contributed by atoms with Crippen LogP contribution in [0.2, 0.25) is 0 Å². The summed E-state index contributed by atoms with van der Waals surface area (Å²) in [6.45, 7) is 1.97. The Labute approximate surface area is 151 Å². The highest BCUT2D eigenvalue weighted by atomic mass is 32.1. The fraction of sp³-hybridized carbons (Fsp3) is 0.0476. The summed E-state index contributed by atoms with van der Waals surface area (Å²) in [5.74, 6) is -0.132. The summed E-state index contributed by atoms with van der Waals surface area (Å²) in [7, 11) is 0. The van der Waals surface area contributed by atoms with Crippen LogP contribution in [0.3, 0.4) is 0 Å². The van der Waals surface area contributed by atoms with Crippen LogP contribution in [-0.2, 0) is 4.79 Å². The molecule has 122 valence electrons. The molecule has 1 saturated heterocycles. The molecule has 1 amide bonds. The van der Waals surface area contributed by atoms with Crippen molar-refractivity contribution in [2.75, 3.05) is 4.90 Å². The second-order valence-corrected chi connectivity index (χ2v) is 6.37. The highest BCUT2D eigenvalue weighted by Crippen LogP contribution is 2.27. The van der Waals surface area contributed by atoms with E-state index in [1.807, 2.05) is 61.5 Å². The van der Waals surface area contributed by atoms with E-state index in [1.54, 1.807) is 4.90 Å². The predicted octanol–water partition coefficient (Wildman–Crippen LogP) is 4.41. The van der Waals surface area contributed by atoms with Crippen LogP contribution >= 0.6 is 12.2 Å². The minimum Gasteiger partial charge on any atom is -0.327 e. The molecule has 0 radical (unpaired) electrons. The van der Waals surface area contributed by atoms with Crippen LogP contribution in [0.5, 0.6) is 0 Å². The van der Waals surface area contributed by atoms with Crippen molar-refractivity contribution in [3.05, 3.63) is 83.6 Å². The summed E-state index contributed by atoms with van der Waals surface area (Å²) in [4.78, 5) is 14.5. The molecule has 4 rings (SSSR count). The average Bonchev–Trinajstić information content (AvgIpc) is 2.90. The number of hydrogen-bond acceptors (Lipinski definition) is 2. The lowest BCUT2D eigenvalue weighted by molar-refractivity contribution is -0.113. The lowest BCUT2D eigenvalue weighted by atomic mass is 10.0. The molecule has 0 spiro atoms. The van der Waals surface area contributed by atoms with Gasteiger partial charge in [-0.25, -0.2) is 0 Å². The third-order valence-electron chi connectivity index (χ3n) is 4.36. The Balaban J connectivity index is 1.77. The average molecular weight is 344 g/mol. The smallest absolute Gasteiger partial charge is 0.281 e. The maximum absolute atomic E-state index is 12.9. The Morgan fingerprint density at radius 2 is 1.68 bits per heavy atom. The third-order valence-corrected chi connectivity index (χ3v) is 4.64. The summed E-state index contributed by atoms with van der Waals surface area (Å²) in [6, 6.07) is 21.9. The van der Waals surface area contributed by atoms with Crippen molar-refractivity contribution < 1.29 is 4.79 Å². The first kappa shape index (κ1) is 15.5. The molecule has 3 aromatic rings. The molecule has 0 saturated carbocycles. The Morgan fingerprint density at radius 1 is 0.960 bits per heavy atom. The SMILES string of the molecule is Cc1ccccc1N1C(=O)/C(=C\c2cccc3ccccc23)NC1=S. The van der Waals surface area contributed by atoms with Crippen LogP contribution in [0, 0.1) is 6.92 Å². The summed E-state index contributed by atoms with van der Waals surface area (Å²) >= 11 is 5.40. The fourth-order valence-electron chi connectivity index (χ4n) is 3.10. The highest BCUT2D eigenvalue weighted by molar-refractivity contribution is 7.80. The van der Waals surface area contributed by atoms with Gasteiger partial charge in [-0.3, -0.25) is 9.69 Å². The van der Waals surface area contributed by atoms with Gasteiger partial charge in [0.1, 0.15) is 5.70 Å². The van der Waals surface area contributed by atoms with Gasteiger partial charge in [0, 0.05) is 0 Å². The zero-order valence-corrected chi connectivity index (χ0v) is 14.5. The van der Waals surface area contributed by atoms with Crippen molar-refractivity contribution in [3.63, 3.8) is 0 Å². The number of aryl methyl sites for hydroxylation is 1. The summed E-state index contributed by atoms with van der Waals surface area (Å²) in [5.41, 5.74) is 3.30. The second-order valence-electron chi connectivity index (χ2n) is 5.98. The standard InChI is InChI=1S/C21H16N2OS/c1-14-7-2-5-12-19(14)23-20(24)18(22-21(23)25)13-16-10-6-9-15-8-3-4-11-17(15)16/h2-13H,1H3,(H,22,25)/b18-13+. The minimum atomic E-state index is -0.132. The van der Waals surface area contributed by atoms with Crippen molar-refractivity contribution in [2.45, 2.75) is 6.92 Å².